The summed E-state index contributed by atoms with van der Waals surface area (Å²) in [7, 11) is 1.70. The van der Waals surface area contributed by atoms with E-state index in [0.29, 0.717) is 26.1 Å². The monoisotopic (exact) mass is 313 g/mol. The number of carbonyl (C=O) groups excluding carboxylic acids is 2. The number of hydrogen-bond acceptors (Lipinski definition) is 4. The Kier molecular flexibility index (Phi) is 7.29. The van der Waals surface area contributed by atoms with Crippen LogP contribution in [0.15, 0.2) is 0 Å². The van der Waals surface area contributed by atoms with E-state index in [0.717, 1.165) is 25.9 Å². The summed E-state index contributed by atoms with van der Waals surface area (Å²) in [5, 5.41) is 9.11. The zero-order chi connectivity index (χ0) is 16.6. The van der Waals surface area contributed by atoms with Gasteiger partial charge in [0.05, 0.1) is 6.61 Å². The Morgan fingerprint density at radius 1 is 1.18 bits per heavy atom. The van der Waals surface area contributed by atoms with Crippen LogP contribution in [0.2, 0.25) is 0 Å². The molecule has 0 atom stereocenters. The molecule has 0 saturated carbocycles. The van der Waals surface area contributed by atoms with Crippen molar-refractivity contribution in [2.24, 2.45) is 10.8 Å². The minimum absolute atomic E-state index is 0.0248. The molecule has 0 unspecified atom stereocenters. The molecule has 6 heteroatoms. The van der Waals surface area contributed by atoms with Gasteiger partial charge in [-0.3, -0.25) is 9.59 Å². The lowest BCUT2D eigenvalue weighted by atomic mass is 9.79. The fraction of sp³-hybridized carbons (Fsp3) is 0.875. The molecule has 0 bridgehead atoms. The van der Waals surface area contributed by atoms with Crippen molar-refractivity contribution in [3.8, 4) is 0 Å². The van der Waals surface area contributed by atoms with E-state index >= 15 is 0 Å². The largest absolute Gasteiger partial charge is 0.384 e. The van der Waals surface area contributed by atoms with Crippen LogP contribution in [0.25, 0.3) is 0 Å². The Morgan fingerprint density at radius 3 is 2.36 bits per heavy atom. The second-order valence-electron chi connectivity index (χ2n) is 7.22. The van der Waals surface area contributed by atoms with Gasteiger partial charge in [0.25, 0.3) is 0 Å². The van der Waals surface area contributed by atoms with Gasteiger partial charge < -0.3 is 20.7 Å². The van der Waals surface area contributed by atoms with Crippen molar-refractivity contribution >= 4 is 11.8 Å². The van der Waals surface area contributed by atoms with Crippen LogP contribution in [0.3, 0.4) is 0 Å². The molecule has 1 saturated heterocycles. The van der Waals surface area contributed by atoms with E-state index < -0.39 is 5.41 Å². The summed E-state index contributed by atoms with van der Waals surface area (Å²) < 4.78 is 5.33. The minimum Gasteiger partial charge on any atom is -0.384 e. The highest BCUT2D eigenvalue weighted by molar-refractivity contribution is 5.82. The molecule has 0 aromatic rings. The van der Waals surface area contributed by atoms with Crippen molar-refractivity contribution in [1.82, 2.24) is 16.0 Å². The quantitative estimate of drug-likeness (QED) is 0.645. The van der Waals surface area contributed by atoms with E-state index in [4.69, 9.17) is 4.74 Å². The van der Waals surface area contributed by atoms with Gasteiger partial charge in [0, 0.05) is 37.5 Å². The maximum absolute atomic E-state index is 11.9. The third-order valence-electron chi connectivity index (χ3n) is 4.09. The highest BCUT2D eigenvalue weighted by Gasteiger charge is 2.32. The van der Waals surface area contributed by atoms with Gasteiger partial charge in [0.2, 0.25) is 11.8 Å². The predicted molar refractivity (Wildman–Crippen MR) is 86.5 cm³/mol. The molecule has 22 heavy (non-hydrogen) atoms. The van der Waals surface area contributed by atoms with E-state index in [1.165, 1.54) is 0 Å². The van der Waals surface area contributed by atoms with Gasteiger partial charge in [-0.25, -0.2) is 0 Å². The lowest BCUT2D eigenvalue weighted by Gasteiger charge is -2.37. The van der Waals surface area contributed by atoms with E-state index in [9.17, 15) is 9.59 Å². The maximum Gasteiger partial charge on any atom is 0.225 e. The normalized spacial score (nSPS) is 17.8. The number of hydrogen-bond donors (Lipinski definition) is 3. The van der Waals surface area contributed by atoms with Crippen molar-refractivity contribution < 1.29 is 14.3 Å². The fourth-order valence-corrected chi connectivity index (χ4v) is 2.56. The van der Waals surface area contributed by atoms with E-state index in [2.05, 4.69) is 16.0 Å². The van der Waals surface area contributed by atoms with Gasteiger partial charge in [-0.15, -0.1) is 0 Å². The molecule has 1 aliphatic rings. The van der Waals surface area contributed by atoms with E-state index in [1.54, 1.807) is 7.11 Å². The van der Waals surface area contributed by atoms with Gasteiger partial charge in [0.15, 0.2) is 0 Å². The first kappa shape index (κ1) is 18.9. The Labute approximate surface area is 133 Å². The molecular formula is C16H31N3O3. The Bertz CT molecular complexity index is 366. The van der Waals surface area contributed by atoms with Crippen LogP contribution < -0.4 is 16.0 Å². The second kappa shape index (κ2) is 8.48. The van der Waals surface area contributed by atoms with E-state index in [1.807, 2.05) is 20.8 Å². The fourth-order valence-electron chi connectivity index (χ4n) is 2.56. The average molecular weight is 313 g/mol. The zero-order valence-electron chi connectivity index (χ0n) is 14.4. The van der Waals surface area contributed by atoms with Crippen LogP contribution in [0.5, 0.6) is 0 Å². The number of methoxy groups -OCH3 is 1. The summed E-state index contributed by atoms with van der Waals surface area (Å²) in [5.74, 6) is -0.0577. The van der Waals surface area contributed by atoms with Gasteiger partial charge in [-0.1, -0.05) is 20.8 Å². The van der Waals surface area contributed by atoms with Crippen molar-refractivity contribution in [3.63, 3.8) is 0 Å². The van der Waals surface area contributed by atoms with Crippen molar-refractivity contribution in [2.75, 3.05) is 39.9 Å². The zero-order valence-corrected chi connectivity index (χ0v) is 14.4. The summed E-state index contributed by atoms with van der Waals surface area (Å²) in [6, 6.07) is 0. The molecule has 6 nitrogen and oxygen atoms in total. The standard InChI is InChI=1S/C16H31N3O3/c1-15(2,3)14(21)18-8-5-13(20)19-11-16(12-22-4)6-9-17-10-7-16/h17H,5-12H2,1-4H3,(H,18,21)(H,19,20). The molecule has 3 N–H and O–H groups in total. The smallest absolute Gasteiger partial charge is 0.225 e. The average Bonchev–Trinajstić information content (AvgIpc) is 2.45. The van der Waals surface area contributed by atoms with Gasteiger partial charge in [0.1, 0.15) is 0 Å². The second-order valence-corrected chi connectivity index (χ2v) is 7.22. The van der Waals surface area contributed by atoms with Crippen LogP contribution >= 0.6 is 0 Å². The molecule has 0 aromatic heterocycles. The van der Waals surface area contributed by atoms with Crippen LogP contribution in [-0.4, -0.2) is 51.7 Å². The number of amides is 2. The van der Waals surface area contributed by atoms with E-state index in [-0.39, 0.29) is 17.2 Å². The first-order valence-corrected chi connectivity index (χ1v) is 8.04. The van der Waals surface area contributed by atoms with Gasteiger partial charge in [-0.05, 0) is 25.9 Å². The highest BCUT2D eigenvalue weighted by Crippen LogP contribution is 2.28. The lowest BCUT2D eigenvalue weighted by molar-refractivity contribution is -0.128. The Morgan fingerprint density at radius 2 is 1.82 bits per heavy atom. The molecule has 0 radical (unpaired) electrons. The number of ether oxygens (including phenoxy) is 1. The predicted octanol–water partition coefficient (Wildman–Crippen LogP) is 0.671. The molecule has 0 aliphatic carbocycles. The SMILES string of the molecule is COCC1(CNC(=O)CCNC(=O)C(C)(C)C)CCNCC1. The van der Waals surface area contributed by atoms with Crippen LogP contribution in [0, 0.1) is 10.8 Å². The van der Waals surface area contributed by atoms with Gasteiger partial charge in [-0.2, -0.15) is 0 Å². The number of rotatable bonds is 7. The summed E-state index contributed by atoms with van der Waals surface area (Å²) in [5.41, 5.74) is -0.390. The molecule has 1 heterocycles. The summed E-state index contributed by atoms with van der Waals surface area (Å²) in [6.07, 6.45) is 2.31. The summed E-state index contributed by atoms with van der Waals surface area (Å²) >= 11 is 0. The molecule has 1 aliphatic heterocycles. The minimum atomic E-state index is -0.423. The topological polar surface area (TPSA) is 79.5 Å². The van der Waals surface area contributed by atoms with Crippen LogP contribution in [0.1, 0.15) is 40.0 Å². The summed E-state index contributed by atoms with van der Waals surface area (Å²) in [6.45, 7) is 9.16. The molecule has 1 fully saturated rings. The van der Waals surface area contributed by atoms with Gasteiger partial charge >= 0.3 is 0 Å². The first-order chi connectivity index (χ1) is 10.3. The first-order valence-electron chi connectivity index (χ1n) is 8.04. The molecular weight excluding hydrogens is 282 g/mol. The van der Waals surface area contributed by atoms with Crippen LogP contribution in [0.4, 0.5) is 0 Å². The summed E-state index contributed by atoms with van der Waals surface area (Å²) in [4.78, 5) is 23.7. The molecule has 1 rings (SSSR count). The van der Waals surface area contributed by atoms with Crippen LogP contribution in [-0.2, 0) is 14.3 Å². The Hall–Kier alpha value is -1.14. The Balaban J connectivity index is 2.30. The third kappa shape index (κ3) is 6.32. The lowest BCUT2D eigenvalue weighted by Crippen LogP contribution is -2.47. The number of nitrogens with one attached hydrogen (secondary N) is 3. The van der Waals surface area contributed by atoms with Crippen molar-refractivity contribution in [3.05, 3.63) is 0 Å². The number of piperidine rings is 1. The molecule has 0 aromatic carbocycles. The highest BCUT2D eigenvalue weighted by atomic mass is 16.5. The van der Waals surface area contributed by atoms with Crippen molar-refractivity contribution in [2.45, 2.75) is 40.0 Å². The van der Waals surface area contributed by atoms with Crippen molar-refractivity contribution in [1.29, 1.82) is 0 Å². The maximum atomic E-state index is 11.9. The molecule has 128 valence electrons. The number of carbonyl (C=O) groups is 2. The molecule has 2 amide bonds. The third-order valence-corrected chi connectivity index (χ3v) is 4.09. The molecule has 0 spiro atoms.